The third kappa shape index (κ3) is 4.71. The summed E-state index contributed by atoms with van der Waals surface area (Å²) < 4.78 is 37.4. The van der Waals surface area contributed by atoms with Crippen molar-refractivity contribution in [3.8, 4) is 11.5 Å². The molecule has 7 nitrogen and oxygen atoms in total. The fourth-order valence-electron chi connectivity index (χ4n) is 2.25. The summed E-state index contributed by atoms with van der Waals surface area (Å²) in [6, 6.07) is 10.9. The van der Waals surface area contributed by atoms with Crippen LogP contribution in [0.1, 0.15) is 15.9 Å². The average Bonchev–Trinajstić information content (AvgIpc) is 2.61. The van der Waals surface area contributed by atoms with E-state index in [0.29, 0.717) is 17.9 Å². The molecule has 2 aromatic carbocycles. The van der Waals surface area contributed by atoms with Crippen molar-refractivity contribution in [1.82, 2.24) is 4.72 Å². The van der Waals surface area contributed by atoms with Crippen LogP contribution >= 0.6 is 0 Å². The molecule has 0 aliphatic carbocycles. The van der Waals surface area contributed by atoms with Crippen LogP contribution in [0.15, 0.2) is 47.4 Å². The highest BCUT2D eigenvalue weighted by Crippen LogP contribution is 2.27. The molecule has 0 bridgehead atoms. The smallest absolute Gasteiger partial charge is 0.248 e. The van der Waals surface area contributed by atoms with Crippen LogP contribution in [0.4, 0.5) is 0 Å². The molecular formula is C17H20N2O5S. The Kier molecular flexibility index (Phi) is 6.00. The van der Waals surface area contributed by atoms with Crippen LogP contribution < -0.4 is 19.9 Å². The lowest BCUT2D eigenvalue weighted by atomic mass is 10.1. The van der Waals surface area contributed by atoms with E-state index < -0.39 is 15.9 Å². The van der Waals surface area contributed by atoms with E-state index in [-0.39, 0.29) is 17.0 Å². The Bertz CT molecular complexity index is 848. The van der Waals surface area contributed by atoms with Crippen LogP contribution in [-0.4, -0.2) is 35.1 Å². The maximum atomic E-state index is 12.3. The molecule has 0 saturated carbocycles. The Labute approximate surface area is 146 Å². The number of sulfonamides is 1. The topological polar surface area (TPSA) is 108 Å². The second-order valence-electron chi connectivity index (χ2n) is 5.23. The maximum Gasteiger partial charge on any atom is 0.248 e. The van der Waals surface area contributed by atoms with Crippen LogP contribution in [0.2, 0.25) is 0 Å². The van der Waals surface area contributed by atoms with E-state index in [4.69, 9.17) is 15.2 Å². The Hall–Kier alpha value is -2.58. The van der Waals surface area contributed by atoms with Crippen molar-refractivity contribution in [2.24, 2.45) is 5.73 Å². The van der Waals surface area contributed by atoms with E-state index in [9.17, 15) is 13.2 Å². The number of methoxy groups -OCH3 is 2. The molecule has 3 N–H and O–H groups in total. The predicted octanol–water partition coefficient (Wildman–Crippen LogP) is 1.32. The highest BCUT2D eigenvalue weighted by molar-refractivity contribution is 7.89. The van der Waals surface area contributed by atoms with Crippen molar-refractivity contribution >= 4 is 15.9 Å². The van der Waals surface area contributed by atoms with E-state index in [1.165, 1.54) is 24.3 Å². The van der Waals surface area contributed by atoms with Crippen molar-refractivity contribution in [2.45, 2.75) is 11.3 Å². The molecule has 0 fully saturated rings. The van der Waals surface area contributed by atoms with Gasteiger partial charge in [-0.25, -0.2) is 13.1 Å². The number of rotatable bonds is 8. The van der Waals surface area contributed by atoms with Gasteiger partial charge in [-0.2, -0.15) is 0 Å². The van der Waals surface area contributed by atoms with Gasteiger partial charge in [0.25, 0.3) is 0 Å². The summed E-state index contributed by atoms with van der Waals surface area (Å²) in [5, 5.41) is 0. The van der Waals surface area contributed by atoms with Gasteiger partial charge in [-0.3, -0.25) is 4.79 Å². The molecule has 0 saturated heterocycles. The molecule has 8 heteroatoms. The van der Waals surface area contributed by atoms with Gasteiger partial charge in [0.1, 0.15) is 0 Å². The number of hydrogen-bond acceptors (Lipinski definition) is 5. The van der Waals surface area contributed by atoms with Gasteiger partial charge in [0.2, 0.25) is 15.9 Å². The number of nitrogens with two attached hydrogens (primary N) is 1. The predicted molar refractivity (Wildman–Crippen MR) is 93.4 cm³/mol. The van der Waals surface area contributed by atoms with Gasteiger partial charge >= 0.3 is 0 Å². The molecule has 0 radical (unpaired) electrons. The Morgan fingerprint density at radius 3 is 2.24 bits per heavy atom. The van der Waals surface area contributed by atoms with Gasteiger partial charge in [-0.1, -0.05) is 6.07 Å². The van der Waals surface area contributed by atoms with Crippen LogP contribution in [0.3, 0.4) is 0 Å². The minimum Gasteiger partial charge on any atom is -0.493 e. The molecule has 0 heterocycles. The minimum atomic E-state index is -3.66. The van der Waals surface area contributed by atoms with E-state index in [1.54, 1.807) is 26.4 Å². The van der Waals surface area contributed by atoms with Crippen molar-refractivity contribution in [3.63, 3.8) is 0 Å². The SMILES string of the molecule is COc1ccc(CCNS(=O)(=O)c2ccc(C(N)=O)cc2)cc1OC. The summed E-state index contributed by atoms with van der Waals surface area (Å²) in [5.74, 6) is 0.594. The van der Waals surface area contributed by atoms with E-state index in [0.717, 1.165) is 5.56 Å². The van der Waals surface area contributed by atoms with Gasteiger partial charge in [0, 0.05) is 12.1 Å². The Morgan fingerprint density at radius 1 is 1.04 bits per heavy atom. The van der Waals surface area contributed by atoms with Crippen molar-refractivity contribution in [2.75, 3.05) is 20.8 Å². The van der Waals surface area contributed by atoms with Gasteiger partial charge in [0.05, 0.1) is 19.1 Å². The summed E-state index contributed by atoms with van der Waals surface area (Å²) in [4.78, 5) is 11.1. The summed E-state index contributed by atoms with van der Waals surface area (Å²) >= 11 is 0. The zero-order valence-electron chi connectivity index (χ0n) is 14.0. The van der Waals surface area contributed by atoms with Gasteiger partial charge in [0.15, 0.2) is 11.5 Å². The number of ether oxygens (including phenoxy) is 2. The quantitative estimate of drug-likeness (QED) is 0.735. The largest absolute Gasteiger partial charge is 0.493 e. The number of primary amides is 1. The first-order valence-corrected chi connectivity index (χ1v) is 8.96. The monoisotopic (exact) mass is 364 g/mol. The lowest BCUT2D eigenvalue weighted by molar-refractivity contribution is 0.1000. The molecule has 1 amide bonds. The molecule has 0 aliphatic rings. The first-order chi connectivity index (χ1) is 11.9. The van der Waals surface area contributed by atoms with E-state index in [1.807, 2.05) is 6.07 Å². The summed E-state index contributed by atoms with van der Waals surface area (Å²) in [5.41, 5.74) is 6.30. The van der Waals surface area contributed by atoms with Crippen LogP contribution in [0.5, 0.6) is 11.5 Å². The number of amides is 1. The summed E-state index contributed by atoms with van der Waals surface area (Å²) in [6.45, 7) is 0.218. The van der Waals surface area contributed by atoms with Gasteiger partial charge in [-0.15, -0.1) is 0 Å². The van der Waals surface area contributed by atoms with Crippen LogP contribution in [0, 0.1) is 0 Å². The molecule has 134 valence electrons. The first kappa shape index (κ1) is 18.8. The highest BCUT2D eigenvalue weighted by Gasteiger charge is 2.14. The van der Waals surface area contributed by atoms with Crippen molar-refractivity contribution < 1.29 is 22.7 Å². The molecule has 0 atom stereocenters. The molecule has 0 aliphatic heterocycles. The first-order valence-electron chi connectivity index (χ1n) is 7.48. The molecular weight excluding hydrogens is 344 g/mol. The average molecular weight is 364 g/mol. The molecule has 25 heavy (non-hydrogen) atoms. The molecule has 2 rings (SSSR count). The zero-order valence-corrected chi connectivity index (χ0v) is 14.8. The Balaban J connectivity index is 2.01. The van der Waals surface area contributed by atoms with Crippen molar-refractivity contribution in [3.05, 3.63) is 53.6 Å². The lowest BCUT2D eigenvalue weighted by Gasteiger charge is -2.10. The minimum absolute atomic E-state index is 0.0739. The zero-order chi connectivity index (χ0) is 18.4. The normalized spacial score (nSPS) is 11.1. The summed E-state index contributed by atoms with van der Waals surface area (Å²) in [7, 11) is -0.567. The number of carbonyl (C=O) groups excluding carboxylic acids is 1. The molecule has 0 spiro atoms. The van der Waals surface area contributed by atoms with E-state index in [2.05, 4.69) is 4.72 Å². The Morgan fingerprint density at radius 2 is 1.68 bits per heavy atom. The van der Waals surface area contributed by atoms with E-state index >= 15 is 0 Å². The third-order valence-corrected chi connectivity index (χ3v) is 5.08. The highest BCUT2D eigenvalue weighted by atomic mass is 32.2. The van der Waals surface area contributed by atoms with Crippen LogP contribution in [0.25, 0.3) is 0 Å². The molecule has 0 aromatic heterocycles. The number of nitrogens with one attached hydrogen (secondary N) is 1. The third-order valence-electron chi connectivity index (χ3n) is 3.60. The second-order valence-corrected chi connectivity index (χ2v) is 6.99. The molecule has 0 unspecified atom stereocenters. The standard InChI is InChI=1S/C17H20N2O5S/c1-23-15-8-3-12(11-16(15)24-2)9-10-19-25(21,22)14-6-4-13(5-7-14)17(18)20/h3-8,11,19H,9-10H2,1-2H3,(H2,18,20). The second kappa shape index (κ2) is 8.00. The summed E-state index contributed by atoms with van der Waals surface area (Å²) in [6.07, 6.45) is 0.485. The fraction of sp³-hybridized carbons (Fsp3) is 0.235. The van der Waals surface area contributed by atoms with Crippen LogP contribution in [-0.2, 0) is 16.4 Å². The van der Waals surface area contributed by atoms with Gasteiger partial charge < -0.3 is 15.2 Å². The maximum absolute atomic E-state index is 12.3. The number of carbonyl (C=O) groups is 1. The lowest BCUT2D eigenvalue weighted by Crippen LogP contribution is -2.26. The number of hydrogen-bond donors (Lipinski definition) is 2. The number of benzene rings is 2. The molecule has 2 aromatic rings. The van der Waals surface area contributed by atoms with Crippen molar-refractivity contribution in [1.29, 1.82) is 0 Å². The fourth-order valence-corrected chi connectivity index (χ4v) is 3.28. The van der Waals surface area contributed by atoms with Gasteiger partial charge in [-0.05, 0) is 48.4 Å².